The van der Waals surface area contributed by atoms with Gasteiger partial charge in [0.2, 0.25) is 5.91 Å². The zero-order valence-corrected chi connectivity index (χ0v) is 20.0. The average Bonchev–Trinajstić information content (AvgIpc) is 2.84. The summed E-state index contributed by atoms with van der Waals surface area (Å²) in [5.41, 5.74) is 1.67. The van der Waals surface area contributed by atoms with Gasteiger partial charge in [0.05, 0.1) is 5.69 Å². The monoisotopic (exact) mass is 492 g/mol. The fraction of sp³-hybridized carbons (Fsp3) is 0.185. The Morgan fingerprint density at radius 1 is 0.857 bits per heavy atom. The van der Waals surface area contributed by atoms with Gasteiger partial charge in [0.1, 0.15) is 10.7 Å². The highest BCUT2D eigenvalue weighted by atomic mass is 32.2. The third-order valence-corrected chi connectivity index (χ3v) is 6.45. The van der Waals surface area contributed by atoms with Gasteiger partial charge in [-0.15, -0.1) is 0 Å². The number of benzene rings is 3. The number of para-hydroxylation sites is 1. The summed E-state index contributed by atoms with van der Waals surface area (Å²) < 4.78 is 40.6. The molecule has 0 radical (unpaired) electrons. The van der Waals surface area contributed by atoms with E-state index >= 15 is 0 Å². The zero-order valence-electron chi connectivity index (χ0n) is 19.2. The molecule has 0 unspecified atom stereocenters. The summed E-state index contributed by atoms with van der Waals surface area (Å²) in [6.07, 6.45) is 2.45. The molecule has 0 aliphatic carbocycles. The van der Waals surface area contributed by atoms with Crippen LogP contribution in [0, 0.1) is 17.7 Å². The molecule has 0 saturated carbocycles. The predicted molar refractivity (Wildman–Crippen MR) is 133 cm³/mol. The van der Waals surface area contributed by atoms with E-state index in [2.05, 4.69) is 21.9 Å². The highest BCUT2D eigenvalue weighted by Crippen LogP contribution is 2.22. The smallest absolute Gasteiger partial charge is 0.266 e. The maximum atomic E-state index is 13.0. The van der Waals surface area contributed by atoms with E-state index in [1.54, 1.807) is 42.5 Å². The third-order valence-electron chi connectivity index (χ3n) is 5.02. The van der Waals surface area contributed by atoms with Crippen molar-refractivity contribution in [3.8, 4) is 11.8 Å². The molecular weight excluding hydrogens is 467 g/mol. The Bertz CT molecular complexity index is 1360. The molecule has 3 aromatic rings. The Balaban J connectivity index is 1.70. The second-order valence-corrected chi connectivity index (χ2v) is 9.42. The van der Waals surface area contributed by atoms with Crippen LogP contribution in [0.2, 0.25) is 0 Å². The summed E-state index contributed by atoms with van der Waals surface area (Å²) in [5.74, 6) is 4.41. The minimum absolute atomic E-state index is 0.0616. The van der Waals surface area contributed by atoms with Crippen LogP contribution in [0.5, 0.6) is 0 Å². The highest BCUT2D eigenvalue weighted by Gasteiger charge is 2.22. The molecule has 0 atom stereocenters. The van der Waals surface area contributed by atoms with Crippen LogP contribution in [0.4, 0.5) is 10.1 Å². The number of hydrogen-bond donors (Lipinski definition) is 2. The molecule has 0 heterocycles. The molecule has 180 valence electrons. The molecule has 6 nitrogen and oxygen atoms in total. The third kappa shape index (κ3) is 7.52. The van der Waals surface area contributed by atoms with Crippen LogP contribution in [0.3, 0.4) is 0 Å². The van der Waals surface area contributed by atoms with Crippen LogP contribution >= 0.6 is 0 Å². The first kappa shape index (κ1) is 25.7. The number of unbranched alkanes of at least 4 members (excludes halogenated alkanes) is 2. The van der Waals surface area contributed by atoms with E-state index in [0.29, 0.717) is 23.1 Å². The maximum absolute atomic E-state index is 13.0. The second kappa shape index (κ2) is 12.0. The van der Waals surface area contributed by atoms with E-state index in [4.69, 9.17) is 0 Å². The SMILES string of the molecule is CCCCCC(=O)NS(=O)(=O)c1ccccc1NC(=O)c1ccc(C#Cc2ccc(F)cc2)cc1. The Kier molecular flexibility index (Phi) is 8.76. The standard InChI is InChI=1S/C27H25FN2O4S/c1-2-3-4-9-26(31)30-35(33,34)25-8-6-5-7-24(25)29-27(32)22-16-12-20(13-17-22)10-11-21-14-18-23(28)19-15-21/h5-8,12-19H,2-4,9H2,1H3,(H,29,32)(H,30,31). The van der Waals surface area contributed by atoms with Gasteiger partial charge in [0, 0.05) is 23.1 Å². The van der Waals surface area contributed by atoms with Gasteiger partial charge in [-0.3, -0.25) is 9.59 Å². The first-order valence-corrected chi connectivity index (χ1v) is 12.6. The van der Waals surface area contributed by atoms with Crippen molar-refractivity contribution in [3.05, 3.63) is 95.3 Å². The molecule has 0 bridgehead atoms. The minimum Gasteiger partial charge on any atom is -0.321 e. The first-order chi connectivity index (χ1) is 16.8. The second-order valence-electron chi connectivity index (χ2n) is 7.77. The number of amides is 2. The van der Waals surface area contributed by atoms with Crippen molar-refractivity contribution in [1.29, 1.82) is 0 Å². The van der Waals surface area contributed by atoms with Crippen molar-refractivity contribution in [3.63, 3.8) is 0 Å². The summed E-state index contributed by atoms with van der Waals surface area (Å²) in [6.45, 7) is 1.99. The molecule has 0 aliphatic heterocycles. The van der Waals surface area contributed by atoms with Crippen molar-refractivity contribution < 1.29 is 22.4 Å². The predicted octanol–water partition coefficient (Wildman–Crippen LogP) is 4.86. The van der Waals surface area contributed by atoms with Gasteiger partial charge in [-0.1, -0.05) is 43.7 Å². The number of carbonyl (C=O) groups is 2. The van der Waals surface area contributed by atoms with E-state index in [0.717, 1.165) is 12.8 Å². The number of carbonyl (C=O) groups excluding carboxylic acids is 2. The Morgan fingerprint density at radius 3 is 2.09 bits per heavy atom. The summed E-state index contributed by atoms with van der Waals surface area (Å²) in [6, 6.07) is 18.1. The Labute approximate surface area is 204 Å². The van der Waals surface area contributed by atoms with E-state index in [9.17, 15) is 22.4 Å². The Morgan fingerprint density at radius 2 is 1.46 bits per heavy atom. The van der Waals surface area contributed by atoms with Gasteiger partial charge in [0.25, 0.3) is 15.9 Å². The molecule has 35 heavy (non-hydrogen) atoms. The molecule has 0 fully saturated rings. The number of nitrogens with one attached hydrogen (secondary N) is 2. The minimum atomic E-state index is -4.15. The molecule has 0 aromatic heterocycles. The average molecular weight is 493 g/mol. The summed E-state index contributed by atoms with van der Waals surface area (Å²) in [5, 5.41) is 2.60. The van der Waals surface area contributed by atoms with Crippen molar-refractivity contribution in [1.82, 2.24) is 4.72 Å². The first-order valence-electron chi connectivity index (χ1n) is 11.1. The number of sulfonamides is 1. The van der Waals surface area contributed by atoms with Gasteiger partial charge in [0.15, 0.2) is 0 Å². The number of anilines is 1. The van der Waals surface area contributed by atoms with E-state index in [-0.39, 0.29) is 22.8 Å². The van der Waals surface area contributed by atoms with Crippen LogP contribution in [-0.4, -0.2) is 20.2 Å². The van der Waals surface area contributed by atoms with Crippen molar-refractivity contribution >= 4 is 27.5 Å². The van der Waals surface area contributed by atoms with Crippen molar-refractivity contribution in [2.24, 2.45) is 0 Å². The zero-order chi connectivity index (χ0) is 25.3. The molecule has 0 aliphatic rings. The van der Waals surface area contributed by atoms with Crippen molar-refractivity contribution in [2.75, 3.05) is 5.32 Å². The lowest BCUT2D eigenvalue weighted by Gasteiger charge is -2.12. The van der Waals surface area contributed by atoms with E-state index in [1.807, 2.05) is 6.92 Å². The molecule has 8 heteroatoms. The maximum Gasteiger partial charge on any atom is 0.266 e. The van der Waals surface area contributed by atoms with Gasteiger partial charge >= 0.3 is 0 Å². The van der Waals surface area contributed by atoms with Crippen LogP contribution in [0.15, 0.2) is 77.7 Å². The fourth-order valence-electron chi connectivity index (χ4n) is 3.17. The Hall–Kier alpha value is -3.96. The number of rotatable bonds is 8. The molecule has 3 rings (SSSR count). The largest absolute Gasteiger partial charge is 0.321 e. The quantitative estimate of drug-likeness (QED) is 0.347. The van der Waals surface area contributed by atoms with Crippen LogP contribution in [0.1, 0.15) is 54.1 Å². The lowest BCUT2D eigenvalue weighted by molar-refractivity contribution is -0.119. The van der Waals surface area contributed by atoms with Gasteiger partial charge in [-0.25, -0.2) is 17.5 Å². The van der Waals surface area contributed by atoms with E-state index < -0.39 is 21.8 Å². The van der Waals surface area contributed by atoms with Gasteiger partial charge in [-0.2, -0.15) is 0 Å². The molecule has 2 amide bonds. The summed E-state index contributed by atoms with van der Waals surface area (Å²) in [4.78, 5) is 24.6. The fourth-order valence-corrected chi connectivity index (χ4v) is 4.35. The van der Waals surface area contributed by atoms with Crippen LogP contribution in [0.25, 0.3) is 0 Å². The van der Waals surface area contributed by atoms with Crippen molar-refractivity contribution in [2.45, 2.75) is 37.5 Å². The lowest BCUT2D eigenvalue weighted by Crippen LogP contribution is -2.31. The molecule has 2 N–H and O–H groups in total. The van der Waals surface area contributed by atoms with Gasteiger partial charge in [-0.05, 0) is 67.1 Å². The molecule has 3 aromatic carbocycles. The number of halogens is 1. The lowest BCUT2D eigenvalue weighted by atomic mass is 10.1. The van der Waals surface area contributed by atoms with E-state index in [1.165, 1.54) is 30.3 Å². The summed E-state index contributed by atoms with van der Waals surface area (Å²) in [7, 11) is -4.15. The highest BCUT2D eigenvalue weighted by molar-refractivity contribution is 7.90. The van der Waals surface area contributed by atoms with Crippen LogP contribution < -0.4 is 10.0 Å². The number of hydrogen-bond acceptors (Lipinski definition) is 4. The normalized spacial score (nSPS) is 10.7. The van der Waals surface area contributed by atoms with Crippen LogP contribution in [-0.2, 0) is 14.8 Å². The molecule has 0 saturated heterocycles. The van der Waals surface area contributed by atoms with Gasteiger partial charge < -0.3 is 5.32 Å². The molecule has 0 spiro atoms. The molecular formula is C27H25FN2O4S. The summed E-state index contributed by atoms with van der Waals surface area (Å²) >= 11 is 0. The topological polar surface area (TPSA) is 92.3 Å².